The molecule has 6 heteroatoms. The van der Waals surface area contributed by atoms with Crippen LogP contribution >= 0.6 is 0 Å². The molecule has 3 rings (SSSR count). The van der Waals surface area contributed by atoms with Gasteiger partial charge in [0.25, 0.3) is 11.6 Å². The summed E-state index contributed by atoms with van der Waals surface area (Å²) in [4.78, 5) is 29.0. The number of nitrogens with zero attached hydrogens (tertiary/aromatic N) is 3. The maximum atomic E-state index is 13.0. The zero-order valence-electron chi connectivity index (χ0n) is 13.3. The molecule has 1 heterocycles. The number of carbonyl (C=O) groups excluding carboxylic acids is 1. The molecule has 0 spiro atoms. The molecule has 0 N–H and O–H groups in total. The van der Waals surface area contributed by atoms with E-state index in [0.717, 1.165) is 5.56 Å². The molecule has 124 valence electrons. The second-order valence-electron chi connectivity index (χ2n) is 5.39. The molecule has 3 aromatic rings. The number of rotatable bonds is 5. The van der Waals surface area contributed by atoms with Crippen molar-refractivity contribution >= 4 is 17.3 Å². The van der Waals surface area contributed by atoms with E-state index < -0.39 is 4.92 Å². The maximum absolute atomic E-state index is 13.0. The molecular weight excluding hydrogens is 318 g/mol. The minimum atomic E-state index is -0.471. The molecule has 0 bridgehead atoms. The molecular formula is C19H15N3O3. The molecule has 2 aromatic carbocycles. The van der Waals surface area contributed by atoms with E-state index in [0.29, 0.717) is 17.8 Å². The van der Waals surface area contributed by atoms with Crippen molar-refractivity contribution in [3.63, 3.8) is 0 Å². The van der Waals surface area contributed by atoms with Crippen molar-refractivity contribution < 1.29 is 9.72 Å². The quantitative estimate of drug-likeness (QED) is 0.525. The third-order valence-electron chi connectivity index (χ3n) is 3.71. The first-order chi connectivity index (χ1) is 12.1. The van der Waals surface area contributed by atoms with Crippen molar-refractivity contribution in [2.45, 2.75) is 6.54 Å². The standard InChI is InChI=1S/C19H15N3O3/c23-19(16-9-11-20-12-10-16)21(14-15-5-2-1-3-6-15)17-7-4-8-18(13-17)22(24)25/h1-13H,14H2. The largest absolute Gasteiger partial charge is 0.304 e. The fourth-order valence-corrected chi connectivity index (χ4v) is 2.47. The third-order valence-corrected chi connectivity index (χ3v) is 3.71. The minimum Gasteiger partial charge on any atom is -0.304 e. The van der Waals surface area contributed by atoms with E-state index >= 15 is 0 Å². The number of amides is 1. The van der Waals surface area contributed by atoms with E-state index in [1.54, 1.807) is 36.7 Å². The molecule has 0 radical (unpaired) electrons. The number of nitro groups is 1. The highest BCUT2D eigenvalue weighted by molar-refractivity contribution is 6.06. The van der Waals surface area contributed by atoms with E-state index in [-0.39, 0.29) is 11.6 Å². The second kappa shape index (κ2) is 7.35. The number of hydrogen-bond acceptors (Lipinski definition) is 4. The Kier molecular flexibility index (Phi) is 4.80. The molecule has 0 aliphatic rings. The summed E-state index contributed by atoms with van der Waals surface area (Å²) in [6.45, 7) is 0.309. The van der Waals surface area contributed by atoms with Gasteiger partial charge in [-0.2, -0.15) is 0 Å². The van der Waals surface area contributed by atoms with E-state index in [9.17, 15) is 14.9 Å². The lowest BCUT2D eigenvalue weighted by molar-refractivity contribution is -0.384. The van der Waals surface area contributed by atoms with Gasteiger partial charge in [-0.3, -0.25) is 19.9 Å². The first kappa shape index (κ1) is 16.3. The van der Waals surface area contributed by atoms with E-state index in [2.05, 4.69) is 4.98 Å². The highest BCUT2D eigenvalue weighted by atomic mass is 16.6. The van der Waals surface area contributed by atoms with Gasteiger partial charge in [-0.1, -0.05) is 36.4 Å². The van der Waals surface area contributed by atoms with Gasteiger partial charge in [-0.15, -0.1) is 0 Å². The number of non-ortho nitro benzene ring substituents is 1. The van der Waals surface area contributed by atoms with Crippen LogP contribution in [0.5, 0.6) is 0 Å². The molecule has 0 aliphatic carbocycles. The van der Waals surface area contributed by atoms with E-state index in [1.807, 2.05) is 30.3 Å². The zero-order chi connectivity index (χ0) is 17.6. The van der Waals surface area contributed by atoms with Crippen molar-refractivity contribution in [3.8, 4) is 0 Å². The van der Waals surface area contributed by atoms with Crippen LogP contribution in [0.4, 0.5) is 11.4 Å². The summed E-state index contributed by atoms with van der Waals surface area (Å²) in [5.41, 5.74) is 1.81. The fraction of sp³-hybridized carbons (Fsp3) is 0.0526. The van der Waals surface area contributed by atoms with Gasteiger partial charge in [0, 0.05) is 30.1 Å². The Bertz CT molecular complexity index is 883. The summed E-state index contributed by atoms with van der Waals surface area (Å²) in [7, 11) is 0. The second-order valence-corrected chi connectivity index (χ2v) is 5.39. The fourth-order valence-electron chi connectivity index (χ4n) is 2.47. The number of aromatic nitrogens is 1. The highest BCUT2D eigenvalue weighted by Gasteiger charge is 2.20. The maximum Gasteiger partial charge on any atom is 0.271 e. The van der Waals surface area contributed by atoms with Gasteiger partial charge in [0.05, 0.1) is 17.2 Å². The summed E-state index contributed by atoms with van der Waals surface area (Å²) in [6.07, 6.45) is 3.09. The number of pyridine rings is 1. The van der Waals surface area contributed by atoms with Crippen LogP contribution in [0.25, 0.3) is 0 Å². The molecule has 0 aliphatic heterocycles. The van der Waals surface area contributed by atoms with Crippen LogP contribution < -0.4 is 4.90 Å². The Labute approximate surface area is 144 Å². The van der Waals surface area contributed by atoms with Gasteiger partial charge in [-0.25, -0.2) is 0 Å². The summed E-state index contributed by atoms with van der Waals surface area (Å²) in [6, 6.07) is 18.8. The zero-order valence-corrected chi connectivity index (χ0v) is 13.3. The third kappa shape index (κ3) is 3.87. The van der Waals surface area contributed by atoms with Gasteiger partial charge >= 0.3 is 0 Å². The van der Waals surface area contributed by atoms with Crippen LogP contribution in [0.3, 0.4) is 0 Å². The average Bonchev–Trinajstić information content (AvgIpc) is 2.67. The molecule has 25 heavy (non-hydrogen) atoms. The molecule has 0 fully saturated rings. The SMILES string of the molecule is O=C(c1ccncc1)N(Cc1ccccc1)c1cccc([N+](=O)[O-])c1. The van der Waals surface area contributed by atoms with Crippen LogP contribution in [-0.4, -0.2) is 15.8 Å². The normalized spacial score (nSPS) is 10.2. The lowest BCUT2D eigenvalue weighted by Gasteiger charge is -2.23. The Morgan fingerprint density at radius 1 is 1.00 bits per heavy atom. The predicted molar refractivity (Wildman–Crippen MR) is 94.3 cm³/mol. The van der Waals surface area contributed by atoms with E-state index in [4.69, 9.17) is 0 Å². The summed E-state index contributed by atoms with van der Waals surface area (Å²) in [5.74, 6) is -0.244. The van der Waals surface area contributed by atoms with Crippen LogP contribution in [0.2, 0.25) is 0 Å². The number of anilines is 1. The summed E-state index contributed by atoms with van der Waals surface area (Å²) < 4.78 is 0. The number of hydrogen-bond donors (Lipinski definition) is 0. The van der Waals surface area contributed by atoms with Crippen molar-refractivity contribution in [1.82, 2.24) is 4.98 Å². The van der Waals surface area contributed by atoms with Crippen molar-refractivity contribution in [1.29, 1.82) is 0 Å². The Morgan fingerprint density at radius 3 is 2.40 bits per heavy atom. The van der Waals surface area contributed by atoms with E-state index in [1.165, 1.54) is 17.0 Å². The Morgan fingerprint density at radius 2 is 1.72 bits per heavy atom. The number of carbonyl (C=O) groups is 1. The number of benzene rings is 2. The highest BCUT2D eigenvalue weighted by Crippen LogP contribution is 2.24. The van der Waals surface area contributed by atoms with Gasteiger partial charge < -0.3 is 4.90 Å². The molecule has 0 atom stereocenters. The summed E-state index contributed by atoms with van der Waals surface area (Å²) >= 11 is 0. The average molecular weight is 333 g/mol. The minimum absolute atomic E-state index is 0.0573. The monoisotopic (exact) mass is 333 g/mol. The molecule has 0 unspecified atom stereocenters. The van der Waals surface area contributed by atoms with Crippen molar-refractivity contribution in [3.05, 3.63) is 100 Å². The Balaban J connectivity index is 2.01. The van der Waals surface area contributed by atoms with Crippen LogP contribution in [0.1, 0.15) is 15.9 Å². The number of nitro benzene ring substituents is 1. The van der Waals surface area contributed by atoms with Gasteiger partial charge in [-0.05, 0) is 23.8 Å². The predicted octanol–water partition coefficient (Wildman–Crippen LogP) is 3.84. The molecule has 0 saturated carbocycles. The first-order valence-corrected chi connectivity index (χ1v) is 7.65. The van der Waals surface area contributed by atoms with Gasteiger partial charge in [0.2, 0.25) is 0 Å². The molecule has 6 nitrogen and oxygen atoms in total. The van der Waals surface area contributed by atoms with Gasteiger partial charge in [0.15, 0.2) is 0 Å². The molecule has 1 amide bonds. The van der Waals surface area contributed by atoms with Gasteiger partial charge in [0.1, 0.15) is 0 Å². The molecule has 0 saturated heterocycles. The summed E-state index contributed by atoms with van der Waals surface area (Å²) in [5, 5.41) is 11.1. The lowest BCUT2D eigenvalue weighted by Crippen LogP contribution is -2.30. The van der Waals surface area contributed by atoms with Crippen LogP contribution in [0.15, 0.2) is 79.1 Å². The Hall–Kier alpha value is -3.54. The topological polar surface area (TPSA) is 76.3 Å². The van der Waals surface area contributed by atoms with Crippen molar-refractivity contribution in [2.24, 2.45) is 0 Å². The van der Waals surface area contributed by atoms with Crippen LogP contribution in [-0.2, 0) is 6.54 Å². The van der Waals surface area contributed by atoms with Crippen LogP contribution in [0, 0.1) is 10.1 Å². The lowest BCUT2D eigenvalue weighted by atomic mass is 10.1. The molecule has 1 aromatic heterocycles. The van der Waals surface area contributed by atoms with Crippen molar-refractivity contribution in [2.75, 3.05) is 4.90 Å². The first-order valence-electron chi connectivity index (χ1n) is 7.65. The smallest absolute Gasteiger partial charge is 0.271 e.